The quantitative estimate of drug-likeness (QED) is 0.713. The molecule has 66 valence electrons. The summed E-state index contributed by atoms with van der Waals surface area (Å²) < 4.78 is 4.85. The van der Waals surface area contributed by atoms with Gasteiger partial charge in [0.15, 0.2) is 0 Å². The molecule has 0 aromatic heterocycles. The van der Waals surface area contributed by atoms with Crippen LogP contribution < -0.4 is 5.32 Å². The normalized spacial score (nSPS) is 16.0. The number of carbonyl (C=O) groups excluding carboxylic acids is 1. The van der Waals surface area contributed by atoms with Crippen molar-refractivity contribution in [1.29, 1.82) is 0 Å². The fraction of sp³-hybridized carbons (Fsp3) is 0.286. The molecule has 1 aliphatic heterocycles. The van der Waals surface area contributed by atoms with Crippen LogP contribution in [0.15, 0.2) is 23.5 Å². The minimum Gasteiger partial charge on any atom is -0.424 e. The Balaban J connectivity index is 2.13. The van der Waals surface area contributed by atoms with E-state index in [-0.39, 0.29) is 4.77 Å². The number of nitrogens with one attached hydrogen (secondary N) is 1. The lowest BCUT2D eigenvalue weighted by molar-refractivity contribution is 0.160. The number of carbonyl (C=O) groups is 1. The largest absolute Gasteiger partial charge is 0.424 e. The minimum atomic E-state index is -0.399. The standard InChI is InChI=1S/C7H9NO2S2/c1-2-3-8-6(9)10-7-11-4-5-12-7/h2,4-5,7H,1,3H2,(H,8,9). The smallest absolute Gasteiger partial charge is 0.409 e. The number of rotatable bonds is 3. The lowest BCUT2D eigenvalue weighted by atomic mass is 10.6. The average Bonchev–Trinajstić information content (AvgIpc) is 2.53. The molecule has 12 heavy (non-hydrogen) atoms. The van der Waals surface area contributed by atoms with Gasteiger partial charge >= 0.3 is 6.09 Å². The number of hydrogen-bond donors (Lipinski definition) is 1. The van der Waals surface area contributed by atoms with E-state index in [1.165, 1.54) is 23.5 Å². The van der Waals surface area contributed by atoms with Gasteiger partial charge in [-0.05, 0) is 10.8 Å². The van der Waals surface area contributed by atoms with Gasteiger partial charge in [0.1, 0.15) is 0 Å². The van der Waals surface area contributed by atoms with Crippen molar-refractivity contribution in [2.24, 2.45) is 0 Å². The van der Waals surface area contributed by atoms with Gasteiger partial charge in [-0.15, -0.1) is 6.58 Å². The van der Waals surface area contributed by atoms with E-state index in [0.717, 1.165) is 0 Å². The molecule has 0 spiro atoms. The molecule has 0 saturated heterocycles. The number of alkyl carbamates (subject to hydrolysis) is 1. The predicted molar refractivity (Wildman–Crippen MR) is 52.8 cm³/mol. The van der Waals surface area contributed by atoms with Crippen molar-refractivity contribution >= 4 is 29.6 Å². The topological polar surface area (TPSA) is 38.3 Å². The van der Waals surface area contributed by atoms with Crippen LogP contribution in [0.4, 0.5) is 4.79 Å². The minimum absolute atomic E-state index is 0.130. The second-order valence-corrected chi connectivity index (χ2v) is 4.15. The zero-order chi connectivity index (χ0) is 8.81. The molecule has 0 unspecified atom stereocenters. The molecule has 0 atom stereocenters. The van der Waals surface area contributed by atoms with E-state index < -0.39 is 6.09 Å². The van der Waals surface area contributed by atoms with Crippen LogP contribution in [0.5, 0.6) is 0 Å². The highest BCUT2D eigenvalue weighted by molar-refractivity contribution is 8.22. The first-order valence-electron chi connectivity index (χ1n) is 3.34. The molecule has 1 heterocycles. The molecule has 0 saturated carbocycles. The lowest BCUT2D eigenvalue weighted by Gasteiger charge is -2.09. The van der Waals surface area contributed by atoms with Crippen LogP contribution in [0, 0.1) is 0 Å². The maximum absolute atomic E-state index is 10.9. The zero-order valence-electron chi connectivity index (χ0n) is 6.36. The first-order chi connectivity index (χ1) is 5.83. The van der Waals surface area contributed by atoms with Crippen molar-refractivity contribution in [2.45, 2.75) is 4.77 Å². The van der Waals surface area contributed by atoms with Crippen LogP contribution in [-0.2, 0) is 4.74 Å². The van der Waals surface area contributed by atoms with Crippen molar-refractivity contribution < 1.29 is 9.53 Å². The number of ether oxygens (including phenoxy) is 1. The molecule has 1 rings (SSSR count). The molecule has 1 N–H and O–H groups in total. The van der Waals surface area contributed by atoms with Crippen molar-refractivity contribution in [1.82, 2.24) is 5.32 Å². The highest BCUT2D eigenvalue weighted by Crippen LogP contribution is 2.33. The zero-order valence-corrected chi connectivity index (χ0v) is 7.99. The lowest BCUT2D eigenvalue weighted by Crippen LogP contribution is -2.26. The summed E-state index contributed by atoms with van der Waals surface area (Å²) in [5.41, 5.74) is 0. The summed E-state index contributed by atoms with van der Waals surface area (Å²) in [4.78, 5) is 10.9. The molecule has 0 radical (unpaired) electrons. The summed E-state index contributed by atoms with van der Waals surface area (Å²) in [5, 5.41) is 6.32. The van der Waals surface area contributed by atoms with Crippen molar-refractivity contribution in [3.63, 3.8) is 0 Å². The van der Waals surface area contributed by atoms with Crippen molar-refractivity contribution in [3.05, 3.63) is 23.5 Å². The molecule has 0 bridgehead atoms. The molecule has 3 nitrogen and oxygen atoms in total. The third-order valence-electron chi connectivity index (χ3n) is 1.03. The summed E-state index contributed by atoms with van der Waals surface area (Å²) in [7, 11) is 0. The maximum Gasteiger partial charge on any atom is 0.409 e. The highest BCUT2D eigenvalue weighted by Gasteiger charge is 2.15. The molecule has 0 aromatic carbocycles. The van der Waals surface area contributed by atoms with Gasteiger partial charge in [0.05, 0.1) is 0 Å². The second-order valence-electron chi connectivity index (χ2n) is 1.91. The first-order valence-corrected chi connectivity index (χ1v) is 5.23. The van der Waals surface area contributed by atoms with Gasteiger partial charge in [-0.1, -0.05) is 29.6 Å². The number of hydrogen-bond acceptors (Lipinski definition) is 4. The third kappa shape index (κ3) is 3.23. The molecule has 1 aliphatic rings. The maximum atomic E-state index is 10.9. The van der Waals surface area contributed by atoms with E-state index in [1.807, 2.05) is 10.8 Å². The SMILES string of the molecule is C=CCNC(=O)OC1SC=CS1. The van der Waals surface area contributed by atoms with E-state index in [1.54, 1.807) is 6.08 Å². The Morgan fingerprint density at radius 1 is 1.67 bits per heavy atom. The van der Waals surface area contributed by atoms with Gasteiger partial charge in [0, 0.05) is 6.54 Å². The molecule has 0 aliphatic carbocycles. The summed E-state index contributed by atoms with van der Waals surface area (Å²) in [5.74, 6) is 0. The molecule has 0 fully saturated rings. The molecule has 5 heteroatoms. The number of thioether (sulfide) groups is 2. The molecular formula is C7H9NO2S2. The Morgan fingerprint density at radius 2 is 2.33 bits per heavy atom. The van der Waals surface area contributed by atoms with Gasteiger partial charge in [0.25, 0.3) is 0 Å². The van der Waals surface area contributed by atoms with E-state index in [0.29, 0.717) is 6.54 Å². The predicted octanol–water partition coefficient (Wildman–Crippen LogP) is 2.13. The van der Waals surface area contributed by atoms with Crippen LogP contribution in [0.25, 0.3) is 0 Å². The second kappa shape index (κ2) is 5.16. The van der Waals surface area contributed by atoms with Crippen LogP contribution in [0.2, 0.25) is 0 Å². The molecular weight excluding hydrogens is 194 g/mol. The Bertz CT molecular complexity index is 198. The fourth-order valence-corrected chi connectivity index (χ4v) is 2.26. The van der Waals surface area contributed by atoms with Crippen LogP contribution in [-0.4, -0.2) is 17.4 Å². The fourth-order valence-electron chi connectivity index (χ4n) is 0.565. The van der Waals surface area contributed by atoms with Crippen LogP contribution >= 0.6 is 23.5 Å². The van der Waals surface area contributed by atoms with Gasteiger partial charge in [0.2, 0.25) is 4.77 Å². The number of amides is 1. The van der Waals surface area contributed by atoms with Crippen molar-refractivity contribution in [2.75, 3.05) is 6.54 Å². The Labute approximate surface area is 79.6 Å². The van der Waals surface area contributed by atoms with Gasteiger partial charge in [-0.25, -0.2) is 4.79 Å². The molecule has 0 aromatic rings. The Morgan fingerprint density at radius 3 is 2.92 bits per heavy atom. The van der Waals surface area contributed by atoms with Crippen molar-refractivity contribution in [3.8, 4) is 0 Å². The summed E-state index contributed by atoms with van der Waals surface area (Å²) >= 11 is 2.96. The van der Waals surface area contributed by atoms with E-state index >= 15 is 0 Å². The van der Waals surface area contributed by atoms with Crippen LogP contribution in [0.3, 0.4) is 0 Å². The average molecular weight is 203 g/mol. The summed E-state index contributed by atoms with van der Waals surface area (Å²) in [6.45, 7) is 3.91. The summed E-state index contributed by atoms with van der Waals surface area (Å²) in [6.07, 6.45) is 1.21. The summed E-state index contributed by atoms with van der Waals surface area (Å²) in [6, 6.07) is 0. The van der Waals surface area contributed by atoms with E-state index in [4.69, 9.17) is 4.74 Å². The van der Waals surface area contributed by atoms with E-state index in [9.17, 15) is 4.79 Å². The molecule has 1 amide bonds. The first kappa shape index (κ1) is 9.54. The Hall–Kier alpha value is -0.550. The Kier molecular flexibility index (Phi) is 4.10. The van der Waals surface area contributed by atoms with Gasteiger partial charge in [-0.3, -0.25) is 0 Å². The van der Waals surface area contributed by atoms with Gasteiger partial charge < -0.3 is 10.1 Å². The van der Waals surface area contributed by atoms with Gasteiger partial charge in [-0.2, -0.15) is 0 Å². The monoisotopic (exact) mass is 203 g/mol. The highest BCUT2D eigenvalue weighted by atomic mass is 32.2. The third-order valence-corrected chi connectivity index (χ3v) is 3.09. The van der Waals surface area contributed by atoms with Crippen LogP contribution in [0.1, 0.15) is 0 Å². The van der Waals surface area contributed by atoms with E-state index in [2.05, 4.69) is 11.9 Å².